The van der Waals surface area contributed by atoms with Gasteiger partial charge in [-0.15, -0.1) is 0 Å². The van der Waals surface area contributed by atoms with Crippen LogP contribution < -0.4 is 0 Å². The number of allylic oxidation sites excluding steroid dienone is 8. The molecule has 0 aromatic carbocycles. The normalized spacial score (nSPS) is 11.5. The monoisotopic (exact) mass is 383 g/mol. The van der Waals surface area contributed by atoms with Gasteiger partial charge < -0.3 is 5.11 Å². The third-order valence-corrected chi connectivity index (χ3v) is 3.79. The van der Waals surface area contributed by atoms with E-state index in [2.05, 4.69) is 60.5 Å². The van der Waals surface area contributed by atoms with Crippen LogP contribution in [0.25, 0.3) is 0 Å². The van der Waals surface area contributed by atoms with Crippen LogP contribution in [0.3, 0.4) is 0 Å². The fourth-order valence-corrected chi connectivity index (χ4v) is 2.24. The Labute approximate surface area is 171 Å². The fourth-order valence-electron chi connectivity index (χ4n) is 2.24. The van der Waals surface area contributed by atoms with Crippen molar-refractivity contribution in [1.82, 2.24) is 4.98 Å². The van der Waals surface area contributed by atoms with Gasteiger partial charge in [0.2, 0.25) is 0 Å². The molecule has 0 fully saturated rings. The number of carbonyl (C=O) groups is 1. The molecule has 0 aliphatic heterocycles. The van der Waals surface area contributed by atoms with E-state index in [9.17, 15) is 4.79 Å². The summed E-state index contributed by atoms with van der Waals surface area (Å²) in [5, 5.41) is 8.49. The van der Waals surface area contributed by atoms with Gasteiger partial charge in [0.05, 0.1) is 0 Å². The summed E-state index contributed by atoms with van der Waals surface area (Å²) in [5.74, 6) is -0.712. The quantitative estimate of drug-likeness (QED) is 0.271. The Balaban J connectivity index is 0.00000102. The first-order chi connectivity index (χ1) is 13.8. The van der Waals surface area contributed by atoms with E-state index >= 15 is 0 Å². The van der Waals surface area contributed by atoms with Crippen molar-refractivity contribution in [2.45, 2.75) is 71.1 Å². The summed E-state index contributed by atoms with van der Waals surface area (Å²) in [4.78, 5) is 14.1. The summed E-state index contributed by atoms with van der Waals surface area (Å²) in [6.45, 7) is 2.23. The van der Waals surface area contributed by atoms with Crippen LogP contribution in [0.2, 0.25) is 0 Å². The van der Waals surface area contributed by atoms with Crippen molar-refractivity contribution in [3.05, 3.63) is 79.2 Å². The zero-order valence-electron chi connectivity index (χ0n) is 17.4. The number of aromatic nitrogens is 1. The van der Waals surface area contributed by atoms with Crippen molar-refractivity contribution >= 4 is 5.97 Å². The molecule has 0 aliphatic rings. The lowest BCUT2D eigenvalue weighted by Gasteiger charge is -1.90. The second-order valence-electron chi connectivity index (χ2n) is 6.40. The molecule has 0 saturated heterocycles. The number of unbranched alkanes of at least 4 members (excludes halogenated alkanes) is 4. The predicted octanol–water partition coefficient (Wildman–Crippen LogP) is 7.30. The highest BCUT2D eigenvalue weighted by Crippen LogP contribution is 2.01. The van der Waals surface area contributed by atoms with Gasteiger partial charge in [-0.25, -0.2) is 0 Å². The Kier molecular flexibility index (Phi) is 20.7. The molecule has 0 radical (unpaired) electrons. The molecule has 0 bridgehead atoms. The van der Waals surface area contributed by atoms with E-state index < -0.39 is 5.97 Å². The van der Waals surface area contributed by atoms with Crippen LogP contribution in [0.15, 0.2) is 79.2 Å². The first kappa shape index (κ1) is 25.6. The van der Waals surface area contributed by atoms with Crippen molar-refractivity contribution in [2.75, 3.05) is 0 Å². The van der Waals surface area contributed by atoms with Gasteiger partial charge >= 0.3 is 5.97 Å². The van der Waals surface area contributed by atoms with Crippen LogP contribution in [0.1, 0.15) is 71.1 Å². The number of aliphatic carboxylic acids is 1. The Bertz CT molecular complexity index is 532. The Morgan fingerprint density at radius 1 is 0.750 bits per heavy atom. The molecule has 154 valence electrons. The summed E-state index contributed by atoms with van der Waals surface area (Å²) in [6.07, 6.45) is 30.8. The number of carboxylic acids is 1. The van der Waals surface area contributed by atoms with Crippen LogP contribution in [0, 0.1) is 0 Å². The average molecular weight is 384 g/mol. The third-order valence-electron chi connectivity index (χ3n) is 3.79. The van der Waals surface area contributed by atoms with Gasteiger partial charge in [0.1, 0.15) is 0 Å². The molecule has 0 spiro atoms. The Hall–Kier alpha value is -2.42. The number of hydrogen-bond acceptors (Lipinski definition) is 2. The van der Waals surface area contributed by atoms with Gasteiger partial charge in [-0.2, -0.15) is 0 Å². The van der Waals surface area contributed by atoms with E-state index in [1.54, 1.807) is 12.4 Å². The molecular weight excluding hydrogens is 346 g/mol. The SMILES string of the molecule is CCCCCC=CCC=CCC=CCC=CCCCC(=O)O.c1ccncc1. The highest BCUT2D eigenvalue weighted by Gasteiger charge is 1.92. The minimum Gasteiger partial charge on any atom is -0.481 e. The molecule has 0 amide bonds. The van der Waals surface area contributed by atoms with Gasteiger partial charge in [0, 0.05) is 18.8 Å². The molecule has 1 aromatic heterocycles. The van der Waals surface area contributed by atoms with Crippen molar-refractivity contribution in [3.63, 3.8) is 0 Å². The summed E-state index contributed by atoms with van der Waals surface area (Å²) in [7, 11) is 0. The first-order valence-electron chi connectivity index (χ1n) is 10.4. The maximum atomic E-state index is 10.3. The summed E-state index contributed by atoms with van der Waals surface area (Å²) in [5.41, 5.74) is 0. The molecule has 1 rings (SSSR count). The largest absolute Gasteiger partial charge is 0.481 e. The minimum atomic E-state index is -0.712. The van der Waals surface area contributed by atoms with Crippen LogP contribution >= 0.6 is 0 Å². The smallest absolute Gasteiger partial charge is 0.303 e. The molecule has 1 heterocycles. The molecule has 0 saturated carbocycles. The molecular formula is C25H37NO2. The topological polar surface area (TPSA) is 50.2 Å². The fraction of sp³-hybridized carbons (Fsp3) is 0.440. The lowest BCUT2D eigenvalue weighted by Crippen LogP contribution is -1.92. The highest BCUT2D eigenvalue weighted by atomic mass is 16.4. The van der Waals surface area contributed by atoms with Crippen molar-refractivity contribution in [3.8, 4) is 0 Å². The van der Waals surface area contributed by atoms with Crippen LogP contribution in [0.4, 0.5) is 0 Å². The van der Waals surface area contributed by atoms with E-state index in [4.69, 9.17) is 5.11 Å². The number of rotatable bonds is 14. The number of nitrogens with zero attached hydrogens (tertiary/aromatic N) is 1. The van der Waals surface area contributed by atoms with E-state index in [1.165, 1.54) is 25.7 Å². The predicted molar refractivity (Wildman–Crippen MR) is 120 cm³/mol. The van der Waals surface area contributed by atoms with Gasteiger partial charge in [-0.05, 0) is 57.1 Å². The Morgan fingerprint density at radius 2 is 1.25 bits per heavy atom. The lowest BCUT2D eigenvalue weighted by atomic mass is 10.2. The molecule has 0 unspecified atom stereocenters. The maximum Gasteiger partial charge on any atom is 0.303 e. The Morgan fingerprint density at radius 3 is 1.64 bits per heavy atom. The molecule has 0 aliphatic carbocycles. The van der Waals surface area contributed by atoms with E-state index in [1.807, 2.05) is 18.2 Å². The zero-order chi connectivity index (χ0) is 20.5. The number of hydrogen-bond donors (Lipinski definition) is 1. The average Bonchev–Trinajstić information content (AvgIpc) is 2.72. The van der Waals surface area contributed by atoms with E-state index in [-0.39, 0.29) is 6.42 Å². The van der Waals surface area contributed by atoms with Gasteiger partial charge in [0.15, 0.2) is 0 Å². The van der Waals surface area contributed by atoms with E-state index in [0.29, 0.717) is 0 Å². The molecule has 3 heteroatoms. The molecule has 1 N–H and O–H groups in total. The number of pyridine rings is 1. The molecule has 28 heavy (non-hydrogen) atoms. The number of carboxylic acid groups (broad SMARTS) is 1. The van der Waals surface area contributed by atoms with Crippen molar-refractivity contribution in [1.29, 1.82) is 0 Å². The summed E-state index contributed by atoms with van der Waals surface area (Å²) >= 11 is 0. The van der Waals surface area contributed by atoms with Gasteiger partial charge in [-0.3, -0.25) is 9.78 Å². The van der Waals surface area contributed by atoms with Crippen LogP contribution in [-0.4, -0.2) is 16.1 Å². The summed E-state index contributed by atoms with van der Waals surface area (Å²) < 4.78 is 0. The van der Waals surface area contributed by atoms with Crippen LogP contribution in [0.5, 0.6) is 0 Å². The molecule has 3 nitrogen and oxygen atoms in total. The maximum absolute atomic E-state index is 10.3. The van der Waals surface area contributed by atoms with Crippen molar-refractivity contribution in [2.24, 2.45) is 0 Å². The zero-order valence-corrected chi connectivity index (χ0v) is 17.4. The summed E-state index contributed by atoms with van der Waals surface area (Å²) in [6, 6.07) is 5.72. The van der Waals surface area contributed by atoms with Gasteiger partial charge in [0.25, 0.3) is 0 Å². The standard InChI is InChI=1S/C20H32O2.C5H5N/c1-2-3-4-5-6-7-8-9-10-11-12-13-14-15-16-17-18-19-20(21)22;1-2-4-6-5-3-1/h6-7,9-10,12-13,15-16H,2-5,8,11,14,17-19H2,1H3,(H,21,22);1-5H. The highest BCUT2D eigenvalue weighted by molar-refractivity contribution is 5.66. The third kappa shape index (κ3) is 23.6. The second kappa shape index (κ2) is 22.6. The van der Waals surface area contributed by atoms with Crippen LogP contribution in [-0.2, 0) is 4.79 Å². The van der Waals surface area contributed by atoms with E-state index in [0.717, 1.165) is 32.1 Å². The molecule has 1 aromatic rings. The van der Waals surface area contributed by atoms with Gasteiger partial charge in [-0.1, -0.05) is 74.4 Å². The minimum absolute atomic E-state index is 0.262. The van der Waals surface area contributed by atoms with Crippen molar-refractivity contribution < 1.29 is 9.90 Å². The first-order valence-corrected chi connectivity index (χ1v) is 10.4. The molecule has 0 atom stereocenters. The lowest BCUT2D eigenvalue weighted by molar-refractivity contribution is -0.137. The second-order valence-corrected chi connectivity index (χ2v) is 6.40.